The van der Waals surface area contributed by atoms with Gasteiger partial charge in [-0.15, -0.1) is 11.3 Å². The molecule has 0 unspecified atom stereocenters. The summed E-state index contributed by atoms with van der Waals surface area (Å²) in [5.41, 5.74) is -0.299. The van der Waals surface area contributed by atoms with Crippen LogP contribution in [0.25, 0.3) is 0 Å². The molecule has 0 atom stereocenters. The van der Waals surface area contributed by atoms with Crippen LogP contribution in [-0.4, -0.2) is 13.0 Å². The Hall–Kier alpha value is -0.900. The van der Waals surface area contributed by atoms with Crippen molar-refractivity contribution >= 4 is 37.4 Å². The third-order valence-corrected chi connectivity index (χ3v) is 5.05. The minimum absolute atomic E-state index is 0.0116. The molecule has 0 aliphatic heterocycles. The summed E-state index contributed by atoms with van der Waals surface area (Å²) in [6, 6.07) is 8.42. The molecule has 0 bridgehead atoms. The van der Waals surface area contributed by atoms with E-state index in [2.05, 4.69) is 15.9 Å². The Morgan fingerprint density at radius 1 is 1.14 bits per heavy atom. The molecule has 0 radical (unpaired) electrons. The van der Waals surface area contributed by atoms with Crippen LogP contribution >= 0.6 is 27.3 Å². The Labute approximate surface area is 132 Å². The van der Waals surface area contributed by atoms with E-state index in [0.717, 1.165) is 17.4 Å². The summed E-state index contributed by atoms with van der Waals surface area (Å²) >= 11 is 3.99. The van der Waals surface area contributed by atoms with Crippen molar-refractivity contribution in [3.8, 4) is 0 Å². The standard InChI is InChI=1S/C8H6BrF3.C4H4O3S2/c9-5-6-3-1-2-4-7(6)8(10,11)12;5-9(6,7)4-2-1-3-8-4/h1-4H,5H2;1-3H,(H,5,6,7). The summed E-state index contributed by atoms with van der Waals surface area (Å²) < 4.78 is 65.5. The van der Waals surface area contributed by atoms with Gasteiger partial charge < -0.3 is 0 Å². The van der Waals surface area contributed by atoms with Gasteiger partial charge in [0.25, 0.3) is 0 Å². The van der Waals surface area contributed by atoms with Gasteiger partial charge >= 0.3 is 16.3 Å². The fraction of sp³-hybridized carbons (Fsp3) is 0.167. The zero-order valence-electron chi connectivity index (χ0n) is 10.3. The van der Waals surface area contributed by atoms with Gasteiger partial charge in [-0.1, -0.05) is 40.2 Å². The maximum absolute atomic E-state index is 12.2. The predicted octanol–water partition coefficient (Wildman–Crippen LogP) is 4.60. The summed E-state index contributed by atoms with van der Waals surface area (Å²) in [6.07, 6.45) is -4.25. The smallest absolute Gasteiger partial charge is 0.281 e. The minimum atomic E-state index is -4.25. The van der Waals surface area contributed by atoms with Crippen LogP contribution in [0, 0.1) is 0 Å². The van der Waals surface area contributed by atoms with Crippen LogP contribution in [0.1, 0.15) is 11.1 Å². The molecule has 1 N–H and O–H groups in total. The molecular formula is C12H10BrF3O3S2. The SMILES string of the molecule is FC(F)(F)c1ccccc1CBr.O=S(=O)(O)c1cccs1. The van der Waals surface area contributed by atoms with Crippen LogP contribution in [0.4, 0.5) is 13.2 Å². The van der Waals surface area contributed by atoms with E-state index in [0.29, 0.717) is 0 Å². The van der Waals surface area contributed by atoms with Crippen molar-refractivity contribution in [1.29, 1.82) is 0 Å². The number of hydrogen-bond acceptors (Lipinski definition) is 3. The van der Waals surface area contributed by atoms with E-state index in [1.807, 2.05) is 0 Å². The molecule has 0 saturated carbocycles. The van der Waals surface area contributed by atoms with E-state index in [9.17, 15) is 21.6 Å². The average Bonchev–Trinajstić information content (AvgIpc) is 2.92. The average molecular weight is 403 g/mol. The molecule has 2 aromatic rings. The van der Waals surface area contributed by atoms with Crippen molar-refractivity contribution in [3.05, 3.63) is 52.9 Å². The second-order valence-electron chi connectivity index (χ2n) is 3.70. The first-order valence-corrected chi connectivity index (χ1v) is 8.82. The molecule has 1 aromatic carbocycles. The van der Waals surface area contributed by atoms with Gasteiger partial charge in [-0.25, -0.2) is 0 Å². The molecule has 0 saturated heterocycles. The second kappa shape index (κ2) is 7.39. The summed E-state index contributed by atoms with van der Waals surface area (Å²) in [5, 5.41) is 1.81. The first-order chi connectivity index (χ1) is 9.66. The van der Waals surface area contributed by atoms with Crippen LogP contribution in [-0.2, 0) is 21.6 Å². The number of thiophene rings is 1. The predicted molar refractivity (Wildman–Crippen MR) is 78.2 cm³/mol. The third kappa shape index (κ3) is 5.77. The maximum atomic E-state index is 12.2. The number of benzene rings is 1. The van der Waals surface area contributed by atoms with Crippen LogP contribution in [0.3, 0.4) is 0 Å². The molecule has 0 fully saturated rings. The van der Waals surface area contributed by atoms with E-state index in [1.165, 1.54) is 18.2 Å². The molecular weight excluding hydrogens is 393 g/mol. The maximum Gasteiger partial charge on any atom is 0.416 e. The minimum Gasteiger partial charge on any atom is -0.281 e. The number of alkyl halides is 4. The van der Waals surface area contributed by atoms with Gasteiger partial charge in [0.2, 0.25) is 0 Å². The second-order valence-corrected chi connectivity index (χ2v) is 6.85. The van der Waals surface area contributed by atoms with Crippen LogP contribution in [0.15, 0.2) is 46.0 Å². The first kappa shape index (κ1) is 18.1. The summed E-state index contributed by atoms with van der Waals surface area (Å²) in [6.45, 7) is 0. The van der Waals surface area contributed by atoms with Crippen molar-refractivity contribution in [2.24, 2.45) is 0 Å². The molecule has 2 rings (SSSR count). The Morgan fingerprint density at radius 3 is 2.10 bits per heavy atom. The first-order valence-electron chi connectivity index (χ1n) is 5.38. The highest BCUT2D eigenvalue weighted by molar-refractivity contribution is 9.08. The van der Waals surface area contributed by atoms with Gasteiger partial charge in [0.05, 0.1) is 5.56 Å². The van der Waals surface area contributed by atoms with E-state index in [-0.39, 0.29) is 15.1 Å². The molecule has 3 nitrogen and oxygen atoms in total. The number of rotatable bonds is 2. The highest BCUT2D eigenvalue weighted by Gasteiger charge is 2.32. The number of halogens is 4. The van der Waals surface area contributed by atoms with Crippen molar-refractivity contribution < 1.29 is 26.1 Å². The highest BCUT2D eigenvalue weighted by Crippen LogP contribution is 2.32. The molecule has 1 aromatic heterocycles. The van der Waals surface area contributed by atoms with Gasteiger partial charge in [0.15, 0.2) is 0 Å². The summed E-state index contributed by atoms with van der Waals surface area (Å²) in [4.78, 5) is 0. The zero-order chi connectivity index (χ0) is 16.1. The Morgan fingerprint density at radius 2 is 1.76 bits per heavy atom. The summed E-state index contributed by atoms with van der Waals surface area (Å²) in [7, 11) is -3.94. The lowest BCUT2D eigenvalue weighted by molar-refractivity contribution is -0.138. The lowest BCUT2D eigenvalue weighted by Gasteiger charge is -2.09. The quantitative estimate of drug-likeness (QED) is 0.589. The highest BCUT2D eigenvalue weighted by atomic mass is 79.9. The van der Waals surface area contributed by atoms with Crippen molar-refractivity contribution in [2.45, 2.75) is 15.7 Å². The fourth-order valence-electron chi connectivity index (χ4n) is 1.32. The Kier molecular flexibility index (Phi) is 6.39. The fourth-order valence-corrected chi connectivity index (χ4v) is 3.16. The molecule has 1 heterocycles. The monoisotopic (exact) mass is 402 g/mol. The topological polar surface area (TPSA) is 54.4 Å². The van der Waals surface area contributed by atoms with E-state index >= 15 is 0 Å². The van der Waals surface area contributed by atoms with Crippen LogP contribution in [0.5, 0.6) is 0 Å². The largest absolute Gasteiger partial charge is 0.416 e. The van der Waals surface area contributed by atoms with Crippen molar-refractivity contribution in [1.82, 2.24) is 0 Å². The van der Waals surface area contributed by atoms with Gasteiger partial charge in [-0.3, -0.25) is 4.55 Å². The Bertz CT molecular complexity index is 667. The molecule has 0 spiro atoms. The normalized spacial score (nSPS) is 11.7. The molecule has 0 aliphatic carbocycles. The van der Waals surface area contributed by atoms with Crippen molar-refractivity contribution in [3.63, 3.8) is 0 Å². The molecule has 21 heavy (non-hydrogen) atoms. The zero-order valence-corrected chi connectivity index (χ0v) is 13.6. The van der Waals surface area contributed by atoms with Gasteiger partial charge in [-0.05, 0) is 23.1 Å². The Balaban J connectivity index is 0.000000219. The van der Waals surface area contributed by atoms with E-state index < -0.39 is 21.9 Å². The van der Waals surface area contributed by atoms with Crippen LogP contribution < -0.4 is 0 Å². The molecule has 9 heteroatoms. The van der Waals surface area contributed by atoms with E-state index in [4.69, 9.17) is 4.55 Å². The lowest BCUT2D eigenvalue weighted by Crippen LogP contribution is -2.07. The van der Waals surface area contributed by atoms with Crippen molar-refractivity contribution in [2.75, 3.05) is 0 Å². The third-order valence-electron chi connectivity index (χ3n) is 2.22. The molecule has 0 amide bonds. The molecule has 116 valence electrons. The molecule has 0 aliphatic rings. The van der Waals surface area contributed by atoms with Crippen LogP contribution in [0.2, 0.25) is 0 Å². The van der Waals surface area contributed by atoms with Gasteiger partial charge in [0.1, 0.15) is 4.21 Å². The van der Waals surface area contributed by atoms with Gasteiger partial charge in [0, 0.05) is 5.33 Å². The van der Waals surface area contributed by atoms with Gasteiger partial charge in [-0.2, -0.15) is 21.6 Å². The summed E-state index contributed by atoms with van der Waals surface area (Å²) in [5.74, 6) is 0. The lowest BCUT2D eigenvalue weighted by atomic mass is 10.1. The van der Waals surface area contributed by atoms with E-state index in [1.54, 1.807) is 17.5 Å². The number of hydrogen-bond donors (Lipinski definition) is 1.